The number of aromatic nitrogens is 2. The minimum atomic E-state index is -0.184. The van der Waals surface area contributed by atoms with E-state index in [1.165, 1.54) is 0 Å². The zero-order valence-corrected chi connectivity index (χ0v) is 10.9. The largest absolute Gasteiger partial charge is 0.313 e. The Bertz CT molecular complexity index is 513. The smallest absolute Gasteiger partial charge is 0.123 e. The van der Waals surface area contributed by atoms with E-state index >= 15 is 0 Å². The Labute approximate surface area is 107 Å². The molecule has 0 saturated heterocycles. The number of rotatable bonds is 4. The number of likely N-dealkylation sites (N-methyl/N-ethyl adjacent to an activating group) is 1. The summed E-state index contributed by atoms with van der Waals surface area (Å²) in [5.74, 6) is -0.184. The Kier molecular flexibility index (Phi) is 3.77. The van der Waals surface area contributed by atoms with Gasteiger partial charge in [0.05, 0.1) is 6.20 Å². The Hall–Kier alpha value is -1.68. The molecule has 0 amide bonds. The molecule has 1 N–H and O–H groups in total. The van der Waals surface area contributed by atoms with Crippen LogP contribution in [0.3, 0.4) is 0 Å². The summed E-state index contributed by atoms with van der Waals surface area (Å²) >= 11 is 0. The number of aryl methyl sites for hydroxylation is 2. The Morgan fingerprint density at radius 2 is 2.17 bits per heavy atom. The van der Waals surface area contributed by atoms with Crippen LogP contribution in [0.1, 0.15) is 22.7 Å². The van der Waals surface area contributed by atoms with Gasteiger partial charge in [-0.2, -0.15) is 5.10 Å². The molecule has 2 rings (SSSR count). The topological polar surface area (TPSA) is 29.9 Å². The van der Waals surface area contributed by atoms with E-state index in [0.717, 1.165) is 23.1 Å². The second-order valence-electron chi connectivity index (χ2n) is 4.63. The fraction of sp³-hybridized carbons (Fsp3) is 0.357. The number of nitrogens with one attached hydrogen (secondary N) is 1. The van der Waals surface area contributed by atoms with Crippen molar-refractivity contribution in [2.45, 2.75) is 19.4 Å². The average molecular weight is 247 g/mol. The zero-order valence-electron chi connectivity index (χ0n) is 10.9. The molecule has 18 heavy (non-hydrogen) atoms. The van der Waals surface area contributed by atoms with Crippen LogP contribution < -0.4 is 5.32 Å². The summed E-state index contributed by atoms with van der Waals surface area (Å²) in [5.41, 5.74) is 3.05. The van der Waals surface area contributed by atoms with Crippen LogP contribution in [0.2, 0.25) is 0 Å². The lowest BCUT2D eigenvalue weighted by Crippen LogP contribution is -2.19. The minimum absolute atomic E-state index is 0.101. The fourth-order valence-electron chi connectivity index (χ4n) is 2.17. The lowest BCUT2D eigenvalue weighted by molar-refractivity contribution is 0.576. The summed E-state index contributed by atoms with van der Waals surface area (Å²) < 4.78 is 15.2. The van der Waals surface area contributed by atoms with Crippen molar-refractivity contribution in [3.63, 3.8) is 0 Å². The van der Waals surface area contributed by atoms with E-state index in [2.05, 4.69) is 10.4 Å². The zero-order chi connectivity index (χ0) is 13.1. The summed E-state index contributed by atoms with van der Waals surface area (Å²) in [4.78, 5) is 0. The minimum Gasteiger partial charge on any atom is -0.313 e. The van der Waals surface area contributed by atoms with Crippen LogP contribution >= 0.6 is 0 Å². The van der Waals surface area contributed by atoms with E-state index < -0.39 is 0 Å². The molecule has 0 saturated carbocycles. The van der Waals surface area contributed by atoms with Gasteiger partial charge in [-0.05, 0) is 49.2 Å². The van der Waals surface area contributed by atoms with Crippen LogP contribution in [0.25, 0.3) is 0 Å². The second kappa shape index (κ2) is 5.31. The second-order valence-corrected chi connectivity index (χ2v) is 4.63. The molecule has 0 fully saturated rings. The Balaban J connectivity index is 2.22. The molecule has 1 atom stereocenters. The third-order valence-corrected chi connectivity index (χ3v) is 3.01. The molecule has 1 aromatic carbocycles. The van der Waals surface area contributed by atoms with Crippen LogP contribution in [0, 0.1) is 12.7 Å². The number of hydrogen-bond donors (Lipinski definition) is 1. The highest BCUT2D eigenvalue weighted by atomic mass is 19.1. The lowest BCUT2D eigenvalue weighted by Gasteiger charge is -2.16. The van der Waals surface area contributed by atoms with Crippen LogP contribution in [-0.2, 0) is 13.5 Å². The molecule has 3 nitrogen and oxygen atoms in total. The first-order chi connectivity index (χ1) is 8.58. The molecule has 0 radical (unpaired) electrons. The molecule has 4 heteroatoms. The Morgan fingerprint density at radius 1 is 1.39 bits per heavy atom. The maximum Gasteiger partial charge on any atom is 0.123 e. The summed E-state index contributed by atoms with van der Waals surface area (Å²) in [5, 5.41) is 7.37. The van der Waals surface area contributed by atoms with Crippen molar-refractivity contribution >= 4 is 0 Å². The molecule has 0 spiro atoms. The van der Waals surface area contributed by atoms with Crippen molar-refractivity contribution in [2.24, 2.45) is 7.05 Å². The summed E-state index contributed by atoms with van der Waals surface area (Å²) in [6.07, 6.45) is 4.63. The number of hydrogen-bond acceptors (Lipinski definition) is 2. The highest BCUT2D eigenvalue weighted by Crippen LogP contribution is 2.20. The highest BCUT2D eigenvalue weighted by Gasteiger charge is 2.12. The van der Waals surface area contributed by atoms with Crippen molar-refractivity contribution in [3.8, 4) is 0 Å². The summed E-state index contributed by atoms with van der Waals surface area (Å²) in [6.45, 7) is 1.91. The van der Waals surface area contributed by atoms with Crippen molar-refractivity contribution < 1.29 is 4.39 Å². The summed E-state index contributed by atoms with van der Waals surface area (Å²) in [7, 11) is 3.78. The van der Waals surface area contributed by atoms with Crippen molar-refractivity contribution in [1.29, 1.82) is 0 Å². The van der Waals surface area contributed by atoms with E-state index in [-0.39, 0.29) is 11.9 Å². The van der Waals surface area contributed by atoms with Crippen molar-refractivity contribution in [1.82, 2.24) is 15.1 Å². The molecular weight excluding hydrogens is 229 g/mol. The molecule has 2 aromatic rings. The van der Waals surface area contributed by atoms with Crippen LogP contribution in [0.5, 0.6) is 0 Å². The Morgan fingerprint density at radius 3 is 2.72 bits per heavy atom. The monoisotopic (exact) mass is 247 g/mol. The van der Waals surface area contributed by atoms with Gasteiger partial charge in [0.25, 0.3) is 0 Å². The molecule has 96 valence electrons. The van der Waals surface area contributed by atoms with Gasteiger partial charge < -0.3 is 5.32 Å². The van der Waals surface area contributed by atoms with E-state index in [1.807, 2.05) is 39.5 Å². The molecule has 1 heterocycles. The first-order valence-electron chi connectivity index (χ1n) is 6.00. The third kappa shape index (κ3) is 2.96. The maximum absolute atomic E-state index is 13.4. The van der Waals surface area contributed by atoms with E-state index in [9.17, 15) is 4.39 Å². The molecule has 1 aromatic heterocycles. The number of nitrogens with zero attached hydrogens (tertiary/aromatic N) is 2. The predicted molar refractivity (Wildman–Crippen MR) is 69.8 cm³/mol. The molecule has 0 aliphatic heterocycles. The first kappa shape index (κ1) is 12.8. The van der Waals surface area contributed by atoms with Gasteiger partial charge in [0, 0.05) is 19.3 Å². The van der Waals surface area contributed by atoms with Gasteiger partial charge in [0.2, 0.25) is 0 Å². The first-order valence-corrected chi connectivity index (χ1v) is 6.00. The number of benzene rings is 1. The predicted octanol–water partition coefficient (Wildman–Crippen LogP) is 2.37. The van der Waals surface area contributed by atoms with E-state index in [4.69, 9.17) is 0 Å². The van der Waals surface area contributed by atoms with Gasteiger partial charge in [0.1, 0.15) is 5.82 Å². The van der Waals surface area contributed by atoms with Crippen LogP contribution in [0.4, 0.5) is 4.39 Å². The van der Waals surface area contributed by atoms with Crippen molar-refractivity contribution in [2.75, 3.05) is 7.05 Å². The van der Waals surface area contributed by atoms with Crippen LogP contribution in [-0.4, -0.2) is 16.8 Å². The van der Waals surface area contributed by atoms with Gasteiger partial charge in [0.15, 0.2) is 0 Å². The number of halogens is 1. The molecule has 0 aliphatic rings. The van der Waals surface area contributed by atoms with Gasteiger partial charge in [-0.25, -0.2) is 4.39 Å². The summed E-state index contributed by atoms with van der Waals surface area (Å²) in [6, 6.07) is 5.24. The quantitative estimate of drug-likeness (QED) is 0.899. The van der Waals surface area contributed by atoms with Gasteiger partial charge >= 0.3 is 0 Å². The van der Waals surface area contributed by atoms with Gasteiger partial charge in [-0.1, -0.05) is 6.07 Å². The maximum atomic E-state index is 13.4. The van der Waals surface area contributed by atoms with E-state index in [1.54, 1.807) is 16.8 Å². The van der Waals surface area contributed by atoms with Gasteiger partial charge in [-0.3, -0.25) is 4.68 Å². The van der Waals surface area contributed by atoms with E-state index in [0.29, 0.717) is 0 Å². The molecule has 1 unspecified atom stereocenters. The lowest BCUT2D eigenvalue weighted by atomic mass is 9.99. The highest BCUT2D eigenvalue weighted by molar-refractivity contribution is 5.27. The van der Waals surface area contributed by atoms with Crippen LogP contribution in [0.15, 0.2) is 30.6 Å². The SMILES string of the molecule is CNC(Cc1cnn(C)c1)c1cc(C)cc(F)c1. The molecule has 0 aliphatic carbocycles. The third-order valence-electron chi connectivity index (χ3n) is 3.01. The molecule has 0 bridgehead atoms. The van der Waals surface area contributed by atoms with Crippen molar-refractivity contribution in [3.05, 3.63) is 53.1 Å². The fourth-order valence-corrected chi connectivity index (χ4v) is 2.17. The molecular formula is C14H18FN3. The normalized spacial score (nSPS) is 12.7. The standard InChI is InChI=1S/C14H18FN3/c1-10-4-12(7-13(15)5-10)14(16-2)6-11-8-17-18(3)9-11/h4-5,7-9,14,16H,6H2,1-3H3. The van der Waals surface area contributed by atoms with Gasteiger partial charge in [-0.15, -0.1) is 0 Å². The average Bonchev–Trinajstić information content (AvgIpc) is 2.70.